The van der Waals surface area contributed by atoms with Gasteiger partial charge >= 0.3 is 0 Å². The summed E-state index contributed by atoms with van der Waals surface area (Å²) in [5.41, 5.74) is 0.718. The van der Waals surface area contributed by atoms with E-state index >= 15 is 0 Å². The topological polar surface area (TPSA) is 119 Å². The number of nitrogens with one attached hydrogen (secondary N) is 1. The zero-order valence-electron chi connectivity index (χ0n) is 20.3. The SMILES string of the molecule is Cc1ccc(C(C(=O)NC2CCCC2)N(Cc2ccco2)C(=O)Cn2nnc(-c3ccc(Cl)cc3)n2)o1. The third-order valence-electron chi connectivity index (χ3n) is 6.35. The van der Waals surface area contributed by atoms with E-state index in [0.717, 1.165) is 31.2 Å². The lowest BCUT2D eigenvalue weighted by molar-refractivity contribution is -0.143. The number of benzene rings is 1. The summed E-state index contributed by atoms with van der Waals surface area (Å²) in [4.78, 5) is 30.0. The average Bonchev–Trinajstić information content (AvgIpc) is 3.69. The van der Waals surface area contributed by atoms with E-state index in [0.29, 0.717) is 28.1 Å². The van der Waals surface area contributed by atoms with E-state index in [1.807, 2.05) is 0 Å². The first kappa shape index (κ1) is 24.8. The number of hydrogen-bond donors (Lipinski definition) is 1. The van der Waals surface area contributed by atoms with Crippen molar-refractivity contribution in [3.8, 4) is 11.4 Å². The zero-order valence-corrected chi connectivity index (χ0v) is 21.1. The molecule has 1 atom stereocenters. The molecule has 2 amide bonds. The molecule has 11 heteroatoms. The lowest BCUT2D eigenvalue weighted by Crippen LogP contribution is -2.46. The normalized spacial score (nSPS) is 14.5. The first-order chi connectivity index (χ1) is 18.0. The van der Waals surface area contributed by atoms with Crippen LogP contribution in [0.3, 0.4) is 0 Å². The average molecular weight is 523 g/mol. The molecule has 3 heterocycles. The van der Waals surface area contributed by atoms with Crippen molar-refractivity contribution in [3.05, 3.63) is 77.1 Å². The van der Waals surface area contributed by atoms with E-state index in [2.05, 4.69) is 20.7 Å². The van der Waals surface area contributed by atoms with Gasteiger partial charge in [-0.1, -0.05) is 24.4 Å². The molecule has 1 fully saturated rings. The fraction of sp³-hybridized carbons (Fsp3) is 0.346. The Hall–Kier alpha value is -3.92. The third-order valence-corrected chi connectivity index (χ3v) is 6.60. The summed E-state index contributed by atoms with van der Waals surface area (Å²) >= 11 is 5.97. The van der Waals surface area contributed by atoms with Gasteiger partial charge in [-0.25, -0.2) is 0 Å². The van der Waals surface area contributed by atoms with Crippen molar-refractivity contribution in [3.63, 3.8) is 0 Å². The largest absolute Gasteiger partial charge is 0.467 e. The van der Waals surface area contributed by atoms with E-state index in [4.69, 9.17) is 20.4 Å². The Kier molecular flexibility index (Phi) is 7.36. The Morgan fingerprint density at radius 1 is 1.16 bits per heavy atom. The molecular weight excluding hydrogens is 496 g/mol. The number of tetrazole rings is 1. The smallest absolute Gasteiger partial charge is 0.250 e. The second-order valence-electron chi connectivity index (χ2n) is 9.09. The van der Waals surface area contributed by atoms with Crippen molar-refractivity contribution in [1.82, 2.24) is 30.4 Å². The van der Waals surface area contributed by atoms with Gasteiger partial charge < -0.3 is 19.1 Å². The Labute approximate surface area is 218 Å². The fourth-order valence-corrected chi connectivity index (χ4v) is 4.63. The van der Waals surface area contributed by atoms with Gasteiger partial charge in [-0.2, -0.15) is 4.80 Å². The van der Waals surface area contributed by atoms with Crippen molar-refractivity contribution >= 4 is 23.4 Å². The first-order valence-corrected chi connectivity index (χ1v) is 12.6. The molecular formula is C26H27ClN6O4. The maximum atomic E-state index is 13.7. The van der Waals surface area contributed by atoms with Gasteiger partial charge in [-0.05, 0) is 73.5 Å². The van der Waals surface area contributed by atoms with Gasteiger partial charge in [0.2, 0.25) is 11.7 Å². The lowest BCUT2D eigenvalue weighted by Gasteiger charge is -2.30. The molecule has 1 aliphatic rings. The maximum absolute atomic E-state index is 13.7. The van der Waals surface area contributed by atoms with Crippen LogP contribution in [0.15, 0.2) is 63.6 Å². The van der Waals surface area contributed by atoms with E-state index in [9.17, 15) is 9.59 Å². The molecule has 1 N–H and O–H groups in total. The number of aryl methyl sites for hydroxylation is 1. The van der Waals surface area contributed by atoms with Crippen LogP contribution in [0, 0.1) is 6.92 Å². The van der Waals surface area contributed by atoms with Gasteiger partial charge in [-0.3, -0.25) is 9.59 Å². The van der Waals surface area contributed by atoms with Gasteiger partial charge in [0.1, 0.15) is 23.8 Å². The Morgan fingerprint density at radius 3 is 2.62 bits per heavy atom. The molecule has 1 saturated carbocycles. The molecule has 1 unspecified atom stereocenters. The number of hydrogen-bond acceptors (Lipinski definition) is 7. The molecule has 0 aliphatic heterocycles. The molecule has 5 rings (SSSR count). The highest BCUT2D eigenvalue weighted by atomic mass is 35.5. The summed E-state index contributed by atoms with van der Waals surface area (Å²) < 4.78 is 11.4. The minimum absolute atomic E-state index is 0.0626. The van der Waals surface area contributed by atoms with Crippen LogP contribution in [0.2, 0.25) is 5.02 Å². The molecule has 0 saturated heterocycles. The predicted octanol–water partition coefficient (Wildman–Crippen LogP) is 4.32. The second kappa shape index (κ2) is 11.0. The van der Waals surface area contributed by atoms with Crippen molar-refractivity contribution in [1.29, 1.82) is 0 Å². The summed E-state index contributed by atoms with van der Waals surface area (Å²) in [7, 11) is 0. The maximum Gasteiger partial charge on any atom is 0.250 e. The Bertz CT molecular complexity index is 1340. The third kappa shape index (κ3) is 5.91. The van der Waals surface area contributed by atoms with Crippen LogP contribution in [0.25, 0.3) is 11.4 Å². The van der Waals surface area contributed by atoms with Gasteiger partial charge in [0, 0.05) is 16.6 Å². The van der Waals surface area contributed by atoms with Crippen LogP contribution in [0.5, 0.6) is 0 Å². The number of carbonyl (C=O) groups is 2. The van der Waals surface area contributed by atoms with Gasteiger partial charge in [0.15, 0.2) is 6.04 Å². The number of furan rings is 2. The standard InChI is InChI=1S/C26H27ClN6O4/c1-17-8-13-22(37-17)24(26(35)28-20-5-2-3-6-20)32(15-21-7-4-14-36-21)23(34)16-33-30-25(29-31-33)18-9-11-19(27)12-10-18/h4,7-14,20,24H,2-3,5-6,15-16H2,1H3,(H,28,35). The molecule has 0 spiro atoms. The number of amides is 2. The molecule has 1 aliphatic carbocycles. The highest BCUT2D eigenvalue weighted by molar-refractivity contribution is 6.30. The molecule has 3 aromatic heterocycles. The van der Waals surface area contributed by atoms with Crippen LogP contribution < -0.4 is 5.32 Å². The quantitative estimate of drug-likeness (QED) is 0.347. The number of nitrogens with zero attached hydrogens (tertiary/aromatic N) is 5. The minimum atomic E-state index is -0.994. The van der Waals surface area contributed by atoms with Crippen LogP contribution in [0.4, 0.5) is 0 Å². The molecule has 4 aromatic rings. The summed E-state index contributed by atoms with van der Waals surface area (Å²) in [6, 6.07) is 13.1. The van der Waals surface area contributed by atoms with Crippen LogP contribution in [-0.4, -0.2) is 43.0 Å². The number of rotatable bonds is 9. The molecule has 1 aromatic carbocycles. The number of halogens is 1. The summed E-state index contributed by atoms with van der Waals surface area (Å²) in [5, 5.41) is 16.2. The molecule has 0 bridgehead atoms. The summed E-state index contributed by atoms with van der Waals surface area (Å²) in [6.45, 7) is 1.63. The first-order valence-electron chi connectivity index (χ1n) is 12.2. The monoisotopic (exact) mass is 522 g/mol. The minimum Gasteiger partial charge on any atom is -0.467 e. The highest BCUT2D eigenvalue weighted by Gasteiger charge is 2.36. The van der Waals surface area contributed by atoms with E-state index in [-0.39, 0.29) is 25.0 Å². The van der Waals surface area contributed by atoms with Crippen molar-refractivity contribution in [2.45, 2.75) is 57.8 Å². The number of carbonyl (C=O) groups excluding carboxylic acids is 2. The van der Waals surface area contributed by atoms with Gasteiger partial charge in [0.25, 0.3) is 5.91 Å². The summed E-state index contributed by atoms with van der Waals surface area (Å²) in [5.74, 6) is 1.22. The van der Waals surface area contributed by atoms with Crippen LogP contribution >= 0.6 is 11.6 Å². The Morgan fingerprint density at radius 2 is 1.95 bits per heavy atom. The highest BCUT2D eigenvalue weighted by Crippen LogP contribution is 2.28. The van der Waals surface area contributed by atoms with Crippen LogP contribution in [0.1, 0.15) is 49.0 Å². The van der Waals surface area contributed by atoms with Gasteiger partial charge in [-0.15, -0.1) is 10.2 Å². The van der Waals surface area contributed by atoms with Crippen LogP contribution in [-0.2, 0) is 22.7 Å². The predicted molar refractivity (Wildman–Crippen MR) is 134 cm³/mol. The molecule has 0 radical (unpaired) electrons. The van der Waals surface area contributed by atoms with Crippen molar-refractivity contribution < 1.29 is 18.4 Å². The second-order valence-corrected chi connectivity index (χ2v) is 9.53. The van der Waals surface area contributed by atoms with Crippen molar-refractivity contribution in [2.24, 2.45) is 0 Å². The lowest BCUT2D eigenvalue weighted by atomic mass is 10.1. The van der Waals surface area contributed by atoms with E-state index < -0.39 is 11.9 Å². The Balaban J connectivity index is 1.42. The van der Waals surface area contributed by atoms with E-state index in [1.54, 1.807) is 55.5 Å². The molecule has 192 valence electrons. The fourth-order valence-electron chi connectivity index (χ4n) is 4.51. The van der Waals surface area contributed by atoms with Gasteiger partial charge in [0.05, 0.1) is 12.8 Å². The molecule has 37 heavy (non-hydrogen) atoms. The van der Waals surface area contributed by atoms with Crippen molar-refractivity contribution in [2.75, 3.05) is 0 Å². The number of aromatic nitrogens is 4. The molecule has 10 nitrogen and oxygen atoms in total. The summed E-state index contributed by atoms with van der Waals surface area (Å²) in [6.07, 6.45) is 5.49. The van der Waals surface area contributed by atoms with E-state index in [1.165, 1.54) is 16.0 Å². The zero-order chi connectivity index (χ0) is 25.8.